The fraction of sp³-hybridized carbons (Fsp3) is 0.200. The molecule has 0 aliphatic heterocycles. The lowest BCUT2D eigenvalue weighted by Gasteiger charge is -2.28. The van der Waals surface area contributed by atoms with E-state index in [4.69, 9.17) is 9.72 Å². The molecule has 0 bridgehead atoms. The third-order valence-electron chi connectivity index (χ3n) is 15.3. The minimum Gasteiger partial charge on any atom is -0.458 e. The van der Waals surface area contributed by atoms with E-state index in [1.807, 2.05) is 6.20 Å². The molecular formula is C70H66N4O. The van der Waals surface area contributed by atoms with Gasteiger partial charge >= 0.3 is 0 Å². The third-order valence-corrected chi connectivity index (χ3v) is 15.3. The summed E-state index contributed by atoms with van der Waals surface area (Å²) in [7, 11) is 0. The molecule has 3 heterocycles. The highest BCUT2D eigenvalue weighted by Crippen LogP contribution is 2.41. The second kappa shape index (κ2) is 18.9. The van der Waals surface area contributed by atoms with Gasteiger partial charge in [0, 0.05) is 40.1 Å². The molecule has 5 nitrogen and oxygen atoms in total. The molecule has 0 N–H and O–H groups in total. The number of hydrogen-bond donors (Lipinski definition) is 0. The fourth-order valence-electron chi connectivity index (χ4n) is 10.6. The average molecular weight is 979 g/mol. The minimum absolute atomic E-state index is 0.0564. The van der Waals surface area contributed by atoms with Crippen molar-refractivity contribution in [2.75, 3.05) is 0 Å². The van der Waals surface area contributed by atoms with Crippen LogP contribution in [0.25, 0.3) is 61.3 Å². The van der Waals surface area contributed by atoms with Gasteiger partial charge in [0.1, 0.15) is 17.3 Å². The van der Waals surface area contributed by atoms with Gasteiger partial charge in [0.15, 0.2) is 0 Å². The Morgan fingerprint density at radius 2 is 1.03 bits per heavy atom. The molecule has 0 fully saturated rings. The van der Waals surface area contributed by atoms with Crippen LogP contribution in [-0.2, 0) is 21.7 Å². The van der Waals surface area contributed by atoms with Gasteiger partial charge in [-0.15, -0.1) is 0 Å². The predicted octanol–water partition coefficient (Wildman–Crippen LogP) is 17.4. The normalized spacial score (nSPS) is 12.4. The van der Waals surface area contributed by atoms with Crippen LogP contribution in [0.3, 0.4) is 0 Å². The molecule has 0 saturated heterocycles. The fourth-order valence-corrected chi connectivity index (χ4v) is 10.6. The van der Waals surface area contributed by atoms with E-state index in [1.165, 1.54) is 38.9 Å². The Hall–Kier alpha value is -8.28. The molecule has 0 aliphatic carbocycles. The molecule has 0 spiro atoms. The zero-order valence-corrected chi connectivity index (χ0v) is 45.0. The van der Waals surface area contributed by atoms with Gasteiger partial charge in [-0.05, 0) is 128 Å². The van der Waals surface area contributed by atoms with E-state index in [9.17, 15) is 0 Å². The van der Waals surface area contributed by atoms with Crippen LogP contribution in [0.2, 0.25) is 0 Å². The van der Waals surface area contributed by atoms with Gasteiger partial charge in [-0.25, -0.2) is 4.98 Å². The first-order chi connectivity index (χ1) is 35.9. The summed E-state index contributed by atoms with van der Waals surface area (Å²) in [6.07, 6.45) is 8.09. The molecule has 8 aromatic carbocycles. The van der Waals surface area contributed by atoms with Crippen molar-refractivity contribution in [3.63, 3.8) is 0 Å². The molecule has 0 saturated carbocycles. The number of imidazole rings is 1. The zero-order valence-electron chi connectivity index (χ0n) is 45.0. The maximum Gasteiger partial charge on any atom is 0.269 e. The van der Waals surface area contributed by atoms with Gasteiger partial charge in [-0.1, -0.05) is 203 Å². The van der Waals surface area contributed by atoms with Crippen LogP contribution >= 0.6 is 0 Å². The Morgan fingerprint density at radius 3 is 1.64 bits per heavy atom. The van der Waals surface area contributed by atoms with E-state index in [0.29, 0.717) is 0 Å². The first-order valence-electron chi connectivity index (χ1n) is 26.3. The Morgan fingerprint density at radius 1 is 0.427 bits per heavy atom. The molecule has 372 valence electrons. The van der Waals surface area contributed by atoms with E-state index in [2.05, 4.69) is 302 Å². The molecule has 0 aliphatic rings. The lowest BCUT2D eigenvalue weighted by atomic mass is 9.77. The number of aromatic nitrogens is 4. The summed E-state index contributed by atoms with van der Waals surface area (Å²) in [5.74, 6) is 2.34. The second-order valence-electron chi connectivity index (χ2n) is 23.3. The van der Waals surface area contributed by atoms with E-state index < -0.39 is 0 Å². The van der Waals surface area contributed by atoms with E-state index in [1.54, 1.807) is 0 Å². The minimum atomic E-state index is -0.376. The van der Waals surface area contributed by atoms with Crippen molar-refractivity contribution in [1.82, 2.24) is 14.1 Å². The Balaban J connectivity index is 1.08. The third kappa shape index (κ3) is 9.49. The monoisotopic (exact) mass is 979 g/mol. The van der Waals surface area contributed by atoms with Crippen LogP contribution in [0.4, 0.5) is 0 Å². The van der Waals surface area contributed by atoms with Crippen molar-refractivity contribution < 1.29 is 9.30 Å². The largest absolute Gasteiger partial charge is 0.458 e. The SMILES string of the molecule is CC(C)(C)c1ccnc(-n2c3ccc(-c4ccccc4)cc3c3ccc(Oc4cc(-n5[c-][n+](-c6cc(-c7ccccc7)cc(C(C)(C)c7ccccc7)c6)cc5C(C)(C)C)cc(C(C)(C)c5ccccc5)c4)cc32)c1. The first-order valence-corrected chi connectivity index (χ1v) is 26.3. The summed E-state index contributed by atoms with van der Waals surface area (Å²) in [5, 5.41) is 2.29. The summed E-state index contributed by atoms with van der Waals surface area (Å²) in [6.45, 7) is 22.8. The van der Waals surface area contributed by atoms with Gasteiger partial charge in [0.05, 0.1) is 28.1 Å². The lowest BCUT2D eigenvalue weighted by Crippen LogP contribution is -2.30. The average Bonchev–Trinajstić information content (AvgIpc) is 4.02. The predicted molar refractivity (Wildman–Crippen MR) is 310 cm³/mol. The molecule has 3 aromatic heterocycles. The number of fused-ring (bicyclic) bond motifs is 3. The summed E-state index contributed by atoms with van der Waals surface area (Å²) in [5.41, 5.74) is 15.0. The maximum atomic E-state index is 7.19. The smallest absolute Gasteiger partial charge is 0.269 e. The standard InChI is InChI=1S/C70H66N4O/c1-67(2,3)54-35-36-71-66(43-54)74-63-34-31-50(48-23-15-11-16-24-48)39-62(63)61-33-32-59(45-64(61)74)75-60-42-56(70(9,10)53-29-21-14-22-30-53)41-58(44-60)73-47-72(46-65(73)68(4,5)6)57-38-51(49-25-17-12-18-26-49)37-55(40-57)69(7,8)52-27-19-13-20-28-52/h11-46H,1-10H3. The van der Waals surface area contributed by atoms with Crippen molar-refractivity contribution >= 4 is 21.8 Å². The van der Waals surface area contributed by atoms with Crippen molar-refractivity contribution in [2.45, 2.75) is 90.9 Å². The maximum absolute atomic E-state index is 7.19. The second-order valence-corrected chi connectivity index (χ2v) is 23.3. The molecule has 11 aromatic rings. The topological polar surface area (TPSA) is 35.9 Å². The molecule has 11 rings (SSSR count). The number of nitrogens with zero attached hydrogens (tertiary/aromatic N) is 4. The molecule has 0 amide bonds. The molecule has 0 unspecified atom stereocenters. The van der Waals surface area contributed by atoms with Crippen LogP contribution in [0.1, 0.15) is 103 Å². The van der Waals surface area contributed by atoms with E-state index in [-0.39, 0.29) is 21.7 Å². The number of hydrogen-bond acceptors (Lipinski definition) is 2. The van der Waals surface area contributed by atoms with Gasteiger partial charge in [-0.3, -0.25) is 13.7 Å². The number of ether oxygens (including phenoxy) is 1. The molecule has 0 atom stereocenters. The number of benzene rings is 8. The van der Waals surface area contributed by atoms with Crippen molar-refractivity contribution in [3.8, 4) is 50.9 Å². The zero-order chi connectivity index (χ0) is 52.3. The van der Waals surface area contributed by atoms with Crippen LogP contribution in [0, 0.1) is 6.33 Å². The van der Waals surface area contributed by atoms with Crippen molar-refractivity contribution in [1.29, 1.82) is 0 Å². The molecule has 75 heavy (non-hydrogen) atoms. The quantitative estimate of drug-likeness (QED) is 0.0956. The van der Waals surface area contributed by atoms with Gasteiger partial charge in [0.2, 0.25) is 0 Å². The van der Waals surface area contributed by atoms with Crippen LogP contribution in [0.5, 0.6) is 11.5 Å². The summed E-state index contributed by atoms with van der Waals surface area (Å²) in [6, 6.07) is 74.2. The van der Waals surface area contributed by atoms with Crippen molar-refractivity contribution in [2.24, 2.45) is 0 Å². The number of pyridine rings is 1. The van der Waals surface area contributed by atoms with Gasteiger partial charge in [0.25, 0.3) is 6.33 Å². The lowest BCUT2D eigenvalue weighted by molar-refractivity contribution is -0.599. The van der Waals surface area contributed by atoms with Crippen molar-refractivity contribution in [3.05, 3.63) is 258 Å². The highest BCUT2D eigenvalue weighted by Gasteiger charge is 2.29. The highest BCUT2D eigenvalue weighted by atomic mass is 16.5. The molecular weight excluding hydrogens is 913 g/mol. The number of rotatable bonds is 11. The first kappa shape index (κ1) is 49.0. The van der Waals surface area contributed by atoms with Crippen LogP contribution < -0.4 is 9.30 Å². The summed E-state index contributed by atoms with van der Waals surface area (Å²) >= 11 is 0. The van der Waals surface area contributed by atoms with Crippen LogP contribution in [0.15, 0.2) is 219 Å². The summed E-state index contributed by atoms with van der Waals surface area (Å²) < 4.78 is 13.9. The summed E-state index contributed by atoms with van der Waals surface area (Å²) in [4.78, 5) is 5.02. The van der Waals surface area contributed by atoms with Crippen LogP contribution in [-0.4, -0.2) is 14.1 Å². The Kier molecular flexibility index (Phi) is 12.3. The Labute approximate surface area is 443 Å². The van der Waals surface area contributed by atoms with E-state index in [0.717, 1.165) is 67.3 Å². The van der Waals surface area contributed by atoms with E-state index >= 15 is 0 Å². The van der Waals surface area contributed by atoms with Gasteiger partial charge < -0.3 is 4.74 Å². The molecule has 5 heteroatoms. The Bertz CT molecular complexity index is 3850. The van der Waals surface area contributed by atoms with Gasteiger partial charge in [-0.2, -0.15) is 0 Å². The molecule has 0 radical (unpaired) electrons. The highest BCUT2D eigenvalue weighted by molar-refractivity contribution is 6.10.